The fraction of sp³-hybridized carbons (Fsp3) is 0.800. The summed E-state index contributed by atoms with van der Waals surface area (Å²) in [7, 11) is 1.88. The number of nitrogens with zero attached hydrogens (tertiary/aromatic N) is 3. The van der Waals surface area contributed by atoms with Gasteiger partial charge in [-0.15, -0.1) is 5.10 Å². The maximum atomic E-state index is 5.35. The summed E-state index contributed by atoms with van der Waals surface area (Å²) in [4.78, 5) is 0. The largest absolute Gasteiger partial charge is 0.381 e. The van der Waals surface area contributed by atoms with Crippen LogP contribution in [0.2, 0.25) is 0 Å². The quantitative estimate of drug-likeness (QED) is 0.788. The summed E-state index contributed by atoms with van der Waals surface area (Å²) in [5, 5.41) is 11.5. The van der Waals surface area contributed by atoms with Crippen molar-refractivity contribution in [3.8, 4) is 0 Å². The van der Waals surface area contributed by atoms with Gasteiger partial charge in [-0.05, 0) is 19.8 Å². The Morgan fingerprint density at radius 3 is 2.87 bits per heavy atom. The van der Waals surface area contributed by atoms with E-state index in [0.29, 0.717) is 0 Å². The third-order valence-electron chi connectivity index (χ3n) is 2.94. The maximum Gasteiger partial charge on any atom is 0.0964 e. The average molecular weight is 210 g/mol. The number of nitrogens with one attached hydrogen (secondary N) is 1. The van der Waals surface area contributed by atoms with E-state index in [9.17, 15) is 0 Å². The molecule has 2 heterocycles. The van der Waals surface area contributed by atoms with Crippen molar-refractivity contribution in [2.45, 2.75) is 31.8 Å². The molecule has 0 bridgehead atoms. The predicted molar refractivity (Wildman–Crippen MR) is 56.3 cm³/mol. The van der Waals surface area contributed by atoms with Gasteiger partial charge in [0.2, 0.25) is 0 Å². The van der Waals surface area contributed by atoms with Gasteiger partial charge in [0.1, 0.15) is 0 Å². The van der Waals surface area contributed by atoms with Crippen LogP contribution in [0.5, 0.6) is 0 Å². The first-order chi connectivity index (χ1) is 7.18. The molecule has 1 N–H and O–H groups in total. The van der Waals surface area contributed by atoms with Crippen LogP contribution in [0.25, 0.3) is 0 Å². The average Bonchev–Trinajstić information content (AvgIpc) is 2.63. The third kappa shape index (κ3) is 2.76. The zero-order valence-corrected chi connectivity index (χ0v) is 9.36. The molecule has 15 heavy (non-hydrogen) atoms. The second-order valence-electron chi connectivity index (χ2n) is 4.41. The van der Waals surface area contributed by atoms with Crippen LogP contribution in [0, 0.1) is 0 Å². The first-order valence-corrected chi connectivity index (χ1v) is 5.36. The van der Waals surface area contributed by atoms with E-state index in [1.807, 2.05) is 13.2 Å². The Bertz CT molecular complexity index is 317. The molecule has 1 aromatic heterocycles. The molecule has 0 radical (unpaired) electrons. The lowest BCUT2D eigenvalue weighted by Gasteiger charge is -2.34. The zero-order chi connectivity index (χ0) is 10.7. The SMILES string of the molecule is Cn1cc(CNC2(C)CCOCC2)nn1. The number of hydrogen-bond donors (Lipinski definition) is 1. The maximum absolute atomic E-state index is 5.35. The molecule has 0 amide bonds. The molecule has 1 aromatic rings. The summed E-state index contributed by atoms with van der Waals surface area (Å²) in [6.45, 7) is 4.73. The van der Waals surface area contributed by atoms with Crippen LogP contribution in [-0.4, -0.2) is 33.7 Å². The number of hydrogen-bond acceptors (Lipinski definition) is 4. The Balaban J connectivity index is 1.86. The van der Waals surface area contributed by atoms with E-state index in [1.54, 1.807) is 4.68 Å². The topological polar surface area (TPSA) is 52.0 Å². The van der Waals surface area contributed by atoms with Gasteiger partial charge < -0.3 is 10.1 Å². The highest BCUT2D eigenvalue weighted by molar-refractivity contribution is 4.94. The van der Waals surface area contributed by atoms with Crippen LogP contribution in [0.15, 0.2) is 6.20 Å². The molecule has 1 aliphatic heterocycles. The molecular weight excluding hydrogens is 192 g/mol. The molecule has 0 spiro atoms. The molecule has 0 aromatic carbocycles. The Kier molecular flexibility index (Phi) is 3.02. The molecule has 1 aliphatic rings. The Morgan fingerprint density at radius 2 is 2.27 bits per heavy atom. The van der Waals surface area contributed by atoms with E-state index in [-0.39, 0.29) is 5.54 Å². The van der Waals surface area contributed by atoms with E-state index >= 15 is 0 Å². The fourth-order valence-electron chi connectivity index (χ4n) is 1.78. The van der Waals surface area contributed by atoms with Crippen molar-refractivity contribution in [2.75, 3.05) is 13.2 Å². The minimum Gasteiger partial charge on any atom is -0.381 e. The van der Waals surface area contributed by atoms with Crippen molar-refractivity contribution in [3.63, 3.8) is 0 Å². The van der Waals surface area contributed by atoms with Crippen LogP contribution in [-0.2, 0) is 18.3 Å². The van der Waals surface area contributed by atoms with Gasteiger partial charge in [0.15, 0.2) is 0 Å². The first-order valence-electron chi connectivity index (χ1n) is 5.36. The number of rotatable bonds is 3. The fourth-order valence-corrected chi connectivity index (χ4v) is 1.78. The highest BCUT2D eigenvalue weighted by atomic mass is 16.5. The van der Waals surface area contributed by atoms with Gasteiger partial charge >= 0.3 is 0 Å². The van der Waals surface area contributed by atoms with Crippen LogP contribution >= 0.6 is 0 Å². The molecular formula is C10H18N4O. The summed E-state index contributed by atoms with van der Waals surface area (Å²) in [6, 6.07) is 0. The smallest absolute Gasteiger partial charge is 0.0964 e. The lowest BCUT2D eigenvalue weighted by molar-refractivity contribution is 0.0445. The summed E-state index contributed by atoms with van der Waals surface area (Å²) >= 11 is 0. The van der Waals surface area contributed by atoms with Gasteiger partial charge in [-0.1, -0.05) is 5.21 Å². The second-order valence-corrected chi connectivity index (χ2v) is 4.41. The highest BCUT2D eigenvalue weighted by Gasteiger charge is 2.26. The predicted octanol–water partition coefficient (Wildman–Crippen LogP) is 0.474. The van der Waals surface area contributed by atoms with Gasteiger partial charge in [-0.3, -0.25) is 4.68 Å². The van der Waals surface area contributed by atoms with E-state index < -0.39 is 0 Å². The van der Waals surface area contributed by atoms with Gasteiger partial charge in [0, 0.05) is 38.5 Å². The van der Waals surface area contributed by atoms with Crippen molar-refractivity contribution in [3.05, 3.63) is 11.9 Å². The summed E-state index contributed by atoms with van der Waals surface area (Å²) in [6.07, 6.45) is 4.07. The molecule has 5 nitrogen and oxygen atoms in total. The molecule has 1 saturated heterocycles. The third-order valence-corrected chi connectivity index (χ3v) is 2.94. The summed E-state index contributed by atoms with van der Waals surface area (Å²) < 4.78 is 7.07. The van der Waals surface area contributed by atoms with Crippen LogP contribution < -0.4 is 5.32 Å². The Hall–Kier alpha value is -0.940. The lowest BCUT2D eigenvalue weighted by Crippen LogP contribution is -2.46. The molecule has 0 unspecified atom stereocenters. The Morgan fingerprint density at radius 1 is 1.53 bits per heavy atom. The molecule has 1 fully saturated rings. The van der Waals surface area contributed by atoms with Crippen LogP contribution in [0.1, 0.15) is 25.5 Å². The molecule has 84 valence electrons. The monoisotopic (exact) mass is 210 g/mol. The van der Waals surface area contributed by atoms with Gasteiger partial charge in [-0.2, -0.15) is 0 Å². The Labute approximate surface area is 89.8 Å². The van der Waals surface area contributed by atoms with Crippen molar-refractivity contribution in [2.24, 2.45) is 7.05 Å². The van der Waals surface area contributed by atoms with Crippen LogP contribution in [0.4, 0.5) is 0 Å². The summed E-state index contributed by atoms with van der Waals surface area (Å²) in [5.41, 5.74) is 1.18. The van der Waals surface area contributed by atoms with Gasteiger partial charge in [0.05, 0.1) is 5.69 Å². The van der Waals surface area contributed by atoms with Crippen molar-refractivity contribution in [1.29, 1.82) is 0 Å². The molecule has 5 heteroatoms. The summed E-state index contributed by atoms with van der Waals surface area (Å²) in [5.74, 6) is 0. The number of aryl methyl sites for hydroxylation is 1. The zero-order valence-electron chi connectivity index (χ0n) is 9.36. The van der Waals surface area contributed by atoms with Crippen LogP contribution in [0.3, 0.4) is 0 Å². The standard InChI is InChI=1S/C10H18N4O/c1-10(3-5-15-6-4-10)11-7-9-8-14(2)13-12-9/h8,11H,3-7H2,1-2H3. The van der Waals surface area contributed by atoms with E-state index in [0.717, 1.165) is 38.3 Å². The minimum atomic E-state index is 0.190. The molecule has 0 atom stereocenters. The van der Waals surface area contributed by atoms with Crippen molar-refractivity contribution < 1.29 is 4.74 Å². The van der Waals surface area contributed by atoms with E-state index in [2.05, 4.69) is 22.6 Å². The van der Waals surface area contributed by atoms with Crippen molar-refractivity contribution in [1.82, 2.24) is 20.3 Å². The van der Waals surface area contributed by atoms with Gasteiger partial charge in [-0.25, -0.2) is 0 Å². The molecule has 2 rings (SSSR count). The van der Waals surface area contributed by atoms with E-state index in [4.69, 9.17) is 4.74 Å². The van der Waals surface area contributed by atoms with Crippen molar-refractivity contribution >= 4 is 0 Å². The first kappa shape index (κ1) is 10.6. The number of aromatic nitrogens is 3. The minimum absolute atomic E-state index is 0.190. The second kappa shape index (κ2) is 4.28. The lowest BCUT2D eigenvalue weighted by atomic mass is 9.92. The molecule has 0 aliphatic carbocycles. The molecule has 0 saturated carbocycles. The highest BCUT2D eigenvalue weighted by Crippen LogP contribution is 2.19. The number of ether oxygens (including phenoxy) is 1. The van der Waals surface area contributed by atoms with Gasteiger partial charge in [0.25, 0.3) is 0 Å². The van der Waals surface area contributed by atoms with E-state index in [1.165, 1.54) is 0 Å². The normalized spacial score (nSPS) is 20.4.